The van der Waals surface area contributed by atoms with E-state index < -0.39 is 18.5 Å². The van der Waals surface area contributed by atoms with Gasteiger partial charge in [0.15, 0.2) is 0 Å². The summed E-state index contributed by atoms with van der Waals surface area (Å²) in [6.07, 6.45) is -5.91. The van der Waals surface area contributed by atoms with E-state index >= 15 is 0 Å². The average molecular weight is 297 g/mol. The fraction of sp³-hybridized carbons (Fsp3) is 0.200. The van der Waals surface area contributed by atoms with Crippen molar-refractivity contribution in [1.82, 2.24) is 0 Å². The first-order chi connectivity index (χ1) is 9.87. The first-order valence-electron chi connectivity index (χ1n) is 6.21. The molecule has 2 atom stereocenters. The highest BCUT2D eigenvalue weighted by Gasteiger charge is 2.31. The zero-order valence-electron chi connectivity index (χ0n) is 10.9. The van der Waals surface area contributed by atoms with E-state index in [1.807, 2.05) is 0 Å². The minimum Gasteiger partial charge on any atom is -0.406 e. The predicted molar refractivity (Wildman–Crippen MR) is 71.5 cm³/mol. The Morgan fingerprint density at radius 3 is 2.19 bits per heavy atom. The van der Waals surface area contributed by atoms with E-state index in [1.54, 1.807) is 30.3 Å². The van der Waals surface area contributed by atoms with Crippen molar-refractivity contribution in [1.29, 1.82) is 0 Å². The van der Waals surface area contributed by atoms with Gasteiger partial charge in [0.1, 0.15) is 5.75 Å². The summed E-state index contributed by atoms with van der Waals surface area (Å²) in [6, 6.07) is 13.2. The number of benzene rings is 2. The monoisotopic (exact) mass is 297 g/mol. The molecule has 0 saturated heterocycles. The standard InChI is InChI=1S/C15H14F3NO2/c16-15(17,18)21-12-8-4-7-11(9-12)14(20)13(19)10-5-2-1-3-6-10/h1-9,13-14,20H,19H2. The Balaban J connectivity index is 2.19. The molecule has 3 N–H and O–H groups in total. The van der Waals surface area contributed by atoms with E-state index in [0.29, 0.717) is 5.56 Å². The lowest BCUT2D eigenvalue weighted by molar-refractivity contribution is -0.274. The second-order valence-electron chi connectivity index (χ2n) is 4.50. The van der Waals surface area contributed by atoms with Gasteiger partial charge in [-0.2, -0.15) is 0 Å². The van der Waals surface area contributed by atoms with Crippen LogP contribution in [0.5, 0.6) is 5.75 Å². The number of ether oxygens (including phenoxy) is 1. The zero-order valence-corrected chi connectivity index (χ0v) is 10.9. The lowest BCUT2D eigenvalue weighted by Gasteiger charge is -2.20. The van der Waals surface area contributed by atoms with E-state index in [4.69, 9.17) is 5.73 Å². The van der Waals surface area contributed by atoms with Crippen LogP contribution >= 0.6 is 0 Å². The van der Waals surface area contributed by atoms with Gasteiger partial charge >= 0.3 is 6.36 Å². The van der Waals surface area contributed by atoms with Gasteiger partial charge in [-0.05, 0) is 23.3 Å². The molecule has 2 aromatic rings. The van der Waals surface area contributed by atoms with Crippen molar-refractivity contribution in [3.8, 4) is 5.75 Å². The summed E-state index contributed by atoms with van der Waals surface area (Å²) in [6.45, 7) is 0. The summed E-state index contributed by atoms with van der Waals surface area (Å²) in [5.41, 5.74) is 6.88. The highest BCUT2D eigenvalue weighted by Crippen LogP contribution is 2.30. The summed E-state index contributed by atoms with van der Waals surface area (Å²) in [4.78, 5) is 0. The van der Waals surface area contributed by atoms with Crippen molar-refractivity contribution >= 4 is 0 Å². The van der Waals surface area contributed by atoms with Crippen LogP contribution < -0.4 is 10.5 Å². The van der Waals surface area contributed by atoms with Gasteiger partial charge in [0.25, 0.3) is 0 Å². The molecule has 0 aliphatic carbocycles. The molecule has 112 valence electrons. The second-order valence-corrected chi connectivity index (χ2v) is 4.50. The van der Waals surface area contributed by atoms with E-state index in [0.717, 1.165) is 12.1 Å². The van der Waals surface area contributed by atoms with E-state index in [9.17, 15) is 18.3 Å². The summed E-state index contributed by atoms with van der Waals surface area (Å²) in [7, 11) is 0. The van der Waals surface area contributed by atoms with Crippen LogP contribution in [-0.2, 0) is 0 Å². The lowest BCUT2D eigenvalue weighted by atomic mass is 9.96. The molecule has 0 radical (unpaired) electrons. The van der Waals surface area contributed by atoms with Crippen LogP contribution in [0, 0.1) is 0 Å². The van der Waals surface area contributed by atoms with Crippen molar-refractivity contribution in [2.24, 2.45) is 5.73 Å². The molecule has 0 fully saturated rings. The molecule has 2 rings (SSSR count). The summed E-state index contributed by atoms with van der Waals surface area (Å²) >= 11 is 0. The van der Waals surface area contributed by atoms with E-state index in [2.05, 4.69) is 4.74 Å². The summed E-state index contributed by atoms with van der Waals surface area (Å²) in [5.74, 6) is -0.390. The third-order valence-electron chi connectivity index (χ3n) is 2.96. The molecule has 0 bridgehead atoms. The van der Waals surface area contributed by atoms with Crippen LogP contribution in [0.15, 0.2) is 54.6 Å². The maximum atomic E-state index is 12.2. The van der Waals surface area contributed by atoms with Gasteiger partial charge in [0.05, 0.1) is 12.1 Å². The van der Waals surface area contributed by atoms with Crippen LogP contribution in [0.1, 0.15) is 23.3 Å². The summed E-state index contributed by atoms with van der Waals surface area (Å²) < 4.78 is 40.4. The third kappa shape index (κ3) is 4.21. The molecule has 21 heavy (non-hydrogen) atoms. The Bertz CT molecular complexity index is 587. The molecule has 6 heteroatoms. The molecule has 0 heterocycles. The van der Waals surface area contributed by atoms with Gasteiger partial charge in [-0.3, -0.25) is 0 Å². The molecular weight excluding hydrogens is 283 g/mol. The first kappa shape index (κ1) is 15.3. The minimum absolute atomic E-state index is 0.258. The van der Waals surface area contributed by atoms with Crippen molar-refractivity contribution in [2.45, 2.75) is 18.5 Å². The number of nitrogens with two attached hydrogens (primary N) is 1. The van der Waals surface area contributed by atoms with Crippen LogP contribution in [0.3, 0.4) is 0 Å². The Labute approximate surface area is 119 Å². The molecular formula is C15H14F3NO2. The Hall–Kier alpha value is -2.05. The number of halogens is 3. The molecule has 0 aromatic heterocycles. The second kappa shape index (κ2) is 6.15. The van der Waals surface area contributed by atoms with Crippen LogP contribution in [0.2, 0.25) is 0 Å². The minimum atomic E-state index is -4.77. The van der Waals surface area contributed by atoms with Gasteiger partial charge in [0.2, 0.25) is 0 Å². The van der Waals surface area contributed by atoms with Gasteiger partial charge < -0.3 is 15.6 Å². The van der Waals surface area contributed by atoms with Crippen molar-refractivity contribution in [2.75, 3.05) is 0 Å². The number of hydrogen-bond donors (Lipinski definition) is 2. The average Bonchev–Trinajstić information content (AvgIpc) is 2.45. The molecule has 2 aromatic carbocycles. The van der Waals surface area contributed by atoms with Crippen LogP contribution in [0.4, 0.5) is 13.2 Å². The predicted octanol–water partition coefficient (Wildman–Crippen LogP) is 3.32. The van der Waals surface area contributed by atoms with Gasteiger partial charge in [-0.25, -0.2) is 0 Å². The Morgan fingerprint density at radius 2 is 1.57 bits per heavy atom. The van der Waals surface area contributed by atoms with E-state index in [-0.39, 0.29) is 11.3 Å². The Morgan fingerprint density at radius 1 is 0.952 bits per heavy atom. The van der Waals surface area contributed by atoms with Crippen molar-refractivity contribution < 1.29 is 23.0 Å². The van der Waals surface area contributed by atoms with Gasteiger partial charge in [0, 0.05) is 0 Å². The largest absolute Gasteiger partial charge is 0.573 e. The molecule has 0 aliphatic rings. The quantitative estimate of drug-likeness (QED) is 0.910. The smallest absolute Gasteiger partial charge is 0.406 e. The molecule has 0 aliphatic heterocycles. The highest BCUT2D eigenvalue weighted by atomic mass is 19.4. The number of alkyl halides is 3. The van der Waals surface area contributed by atoms with Crippen LogP contribution in [-0.4, -0.2) is 11.5 Å². The number of aliphatic hydroxyl groups is 1. The first-order valence-corrected chi connectivity index (χ1v) is 6.21. The lowest BCUT2D eigenvalue weighted by Crippen LogP contribution is -2.20. The maximum absolute atomic E-state index is 12.2. The Kier molecular flexibility index (Phi) is 4.50. The molecule has 3 nitrogen and oxygen atoms in total. The normalized spacial score (nSPS) is 14.5. The van der Waals surface area contributed by atoms with Crippen molar-refractivity contribution in [3.63, 3.8) is 0 Å². The zero-order chi connectivity index (χ0) is 15.5. The highest BCUT2D eigenvalue weighted by molar-refractivity contribution is 5.32. The maximum Gasteiger partial charge on any atom is 0.573 e. The van der Waals surface area contributed by atoms with Gasteiger partial charge in [-0.15, -0.1) is 13.2 Å². The number of hydrogen-bond acceptors (Lipinski definition) is 3. The number of aliphatic hydroxyl groups excluding tert-OH is 1. The molecule has 0 amide bonds. The summed E-state index contributed by atoms with van der Waals surface area (Å²) in [5, 5.41) is 10.2. The van der Waals surface area contributed by atoms with E-state index in [1.165, 1.54) is 12.1 Å². The SMILES string of the molecule is NC(c1ccccc1)C(O)c1cccc(OC(F)(F)F)c1. The topological polar surface area (TPSA) is 55.5 Å². The number of rotatable bonds is 4. The third-order valence-corrected chi connectivity index (χ3v) is 2.96. The van der Waals surface area contributed by atoms with Crippen LogP contribution in [0.25, 0.3) is 0 Å². The van der Waals surface area contributed by atoms with Crippen molar-refractivity contribution in [3.05, 3.63) is 65.7 Å². The van der Waals surface area contributed by atoms with Gasteiger partial charge in [-0.1, -0.05) is 42.5 Å². The molecule has 2 unspecified atom stereocenters. The fourth-order valence-electron chi connectivity index (χ4n) is 1.96. The fourth-order valence-corrected chi connectivity index (χ4v) is 1.96. The molecule has 0 saturated carbocycles. The molecule has 0 spiro atoms.